The van der Waals surface area contributed by atoms with Crippen molar-refractivity contribution in [2.24, 2.45) is 0 Å². The fourth-order valence-corrected chi connectivity index (χ4v) is 3.02. The van der Waals surface area contributed by atoms with Crippen LogP contribution in [0.5, 0.6) is 0 Å². The Balaban J connectivity index is 0.00000225. The van der Waals surface area contributed by atoms with Crippen LogP contribution in [0.1, 0.15) is 23.7 Å². The van der Waals surface area contributed by atoms with Gasteiger partial charge in [0.1, 0.15) is 6.54 Å². The predicted molar refractivity (Wildman–Crippen MR) is 104 cm³/mol. The molecule has 0 saturated heterocycles. The highest BCUT2D eigenvalue weighted by atomic mass is 127. The van der Waals surface area contributed by atoms with Gasteiger partial charge in [-0.25, -0.2) is 0 Å². The predicted octanol–water partition coefficient (Wildman–Crippen LogP) is 1.70. The minimum atomic E-state index is 0. The van der Waals surface area contributed by atoms with E-state index in [9.17, 15) is 0 Å². The van der Waals surface area contributed by atoms with Crippen molar-refractivity contribution in [1.29, 1.82) is 0 Å². The number of nitrogens with zero attached hydrogens (tertiary/aromatic N) is 2. The van der Waals surface area contributed by atoms with Crippen LogP contribution in [0.25, 0.3) is 23.1 Å². The number of hydrogen-bond acceptors (Lipinski definition) is 1. The third-order valence-corrected chi connectivity index (χ3v) is 4.39. The molecule has 2 nitrogen and oxygen atoms in total. The number of aryl methyl sites for hydroxylation is 2. The highest BCUT2D eigenvalue weighted by Gasteiger charge is 2.11. The zero-order valence-electron chi connectivity index (χ0n) is 15.3. The number of fused-ring (bicyclic) bond motifs is 1. The maximum Gasteiger partial charge on any atom is 0.212 e. The van der Waals surface area contributed by atoms with E-state index in [2.05, 4.69) is 104 Å². The number of benzene rings is 2. The Morgan fingerprint density at radius 3 is 2.28 bits per heavy atom. The molecule has 0 bridgehead atoms. The number of rotatable bonds is 4. The van der Waals surface area contributed by atoms with Gasteiger partial charge in [0.25, 0.3) is 0 Å². The number of hydrogen-bond donors (Lipinski definition) is 0. The van der Waals surface area contributed by atoms with Crippen molar-refractivity contribution >= 4 is 28.7 Å². The van der Waals surface area contributed by atoms with Crippen molar-refractivity contribution in [2.45, 2.75) is 20.4 Å². The minimum absolute atomic E-state index is 0. The Hall–Kier alpha value is -1.88. The summed E-state index contributed by atoms with van der Waals surface area (Å²) in [5, 5.41) is 1.30. The summed E-state index contributed by atoms with van der Waals surface area (Å²) in [7, 11) is 4.12. The van der Waals surface area contributed by atoms with Crippen LogP contribution in [-0.4, -0.2) is 14.1 Å². The summed E-state index contributed by atoms with van der Waals surface area (Å²) in [6.45, 7) is 5.29. The van der Waals surface area contributed by atoms with Gasteiger partial charge >= 0.3 is 0 Å². The van der Waals surface area contributed by atoms with Crippen LogP contribution < -0.4 is 33.4 Å². The molecule has 0 unspecified atom stereocenters. The van der Waals surface area contributed by atoms with Crippen molar-refractivity contribution in [3.63, 3.8) is 0 Å². The van der Waals surface area contributed by atoms with Crippen LogP contribution in [0.3, 0.4) is 0 Å². The molecule has 0 N–H and O–H groups in total. The first kappa shape index (κ1) is 19.4. The highest BCUT2D eigenvalue weighted by molar-refractivity contribution is 5.78. The Kier molecular flexibility index (Phi) is 6.59. The smallest absolute Gasteiger partial charge is 0.212 e. The van der Waals surface area contributed by atoms with Gasteiger partial charge in [-0.15, -0.1) is 0 Å². The second-order valence-electron chi connectivity index (χ2n) is 6.38. The van der Waals surface area contributed by atoms with Crippen molar-refractivity contribution in [1.82, 2.24) is 0 Å². The van der Waals surface area contributed by atoms with E-state index in [1.165, 1.54) is 33.4 Å². The molecule has 0 amide bonds. The largest absolute Gasteiger partial charge is 1.00 e. The topological polar surface area (TPSA) is 7.12 Å². The first-order valence-electron chi connectivity index (χ1n) is 8.47. The van der Waals surface area contributed by atoms with Crippen molar-refractivity contribution in [3.05, 3.63) is 71.4 Å². The molecule has 0 aliphatic rings. The standard InChI is InChI=1S/C22H25N2.HI/c1-5-24-21(14-10-19-16-17(2)6-15-22(19)24)13-9-18-7-11-20(12-8-18)23(3)4;/h6-16H,5H2,1-4H3;1H/q+1;/p-1. The van der Waals surface area contributed by atoms with Crippen LogP contribution in [0.2, 0.25) is 0 Å². The number of halogens is 1. The quantitative estimate of drug-likeness (QED) is 0.439. The third kappa shape index (κ3) is 4.40. The van der Waals surface area contributed by atoms with Gasteiger partial charge in [-0.05, 0) is 49.8 Å². The zero-order valence-corrected chi connectivity index (χ0v) is 17.5. The van der Waals surface area contributed by atoms with Crippen molar-refractivity contribution in [2.75, 3.05) is 19.0 Å². The third-order valence-electron chi connectivity index (χ3n) is 4.39. The average molecular weight is 444 g/mol. The summed E-state index contributed by atoms with van der Waals surface area (Å²) >= 11 is 0. The van der Waals surface area contributed by atoms with Gasteiger partial charge in [0, 0.05) is 43.4 Å². The first-order chi connectivity index (χ1) is 11.6. The number of aromatic nitrogens is 1. The van der Waals surface area contributed by atoms with Gasteiger partial charge in [0.05, 0.1) is 0 Å². The van der Waals surface area contributed by atoms with Crippen molar-refractivity contribution in [3.8, 4) is 0 Å². The molecule has 1 aromatic heterocycles. The van der Waals surface area contributed by atoms with E-state index in [-0.39, 0.29) is 24.0 Å². The summed E-state index contributed by atoms with van der Waals surface area (Å²) < 4.78 is 2.36. The van der Waals surface area contributed by atoms with E-state index < -0.39 is 0 Å². The van der Waals surface area contributed by atoms with Crippen molar-refractivity contribution < 1.29 is 28.5 Å². The fourth-order valence-electron chi connectivity index (χ4n) is 3.02. The normalized spacial score (nSPS) is 10.9. The molecule has 0 fully saturated rings. The Morgan fingerprint density at radius 2 is 1.64 bits per heavy atom. The average Bonchev–Trinajstić information content (AvgIpc) is 2.59. The molecule has 0 atom stereocenters. The van der Waals surface area contributed by atoms with E-state index in [4.69, 9.17) is 0 Å². The molecule has 0 saturated carbocycles. The summed E-state index contributed by atoms with van der Waals surface area (Å²) in [6, 6.07) is 19.7. The van der Waals surface area contributed by atoms with Gasteiger partial charge in [-0.2, -0.15) is 4.57 Å². The van der Waals surface area contributed by atoms with Crippen LogP contribution >= 0.6 is 0 Å². The first-order valence-corrected chi connectivity index (χ1v) is 8.47. The molecule has 25 heavy (non-hydrogen) atoms. The molecule has 2 aromatic carbocycles. The zero-order chi connectivity index (χ0) is 17.1. The van der Waals surface area contributed by atoms with E-state index in [1.54, 1.807) is 0 Å². The van der Waals surface area contributed by atoms with Gasteiger partial charge in [-0.1, -0.05) is 23.8 Å². The SMILES string of the molecule is CC[n+]1c(/C=C/c2ccc(N(C)C)cc2)ccc2cc(C)ccc21.[I-]. The number of anilines is 1. The Labute approximate surface area is 167 Å². The lowest BCUT2D eigenvalue weighted by Crippen LogP contribution is -3.00. The van der Waals surface area contributed by atoms with Crippen LogP contribution in [0.4, 0.5) is 5.69 Å². The lowest BCUT2D eigenvalue weighted by atomic mass is 10.1. The molecule has 130 valence electrons. The summed E-state index contributed by atoms with van der Waals surface area (Å²) in [6.07, 6.45) is 4.38. The lowest BCUT2D eigenvalue weighted by molar-refractivity contribution is -0.669. The van der Waals surface area contributed by atoms with Gasteiger partial charge in [0.2, 0.25) is 11.2 Å². The number of pyridine rings is 1. The molecular weight excluding hydrogens is 419 g/mol. The molecule has 0 aliphatic carbocycles. The van der Waals surface area contributed by atoms with Gasteiger partial charge in [-0.3, -0.25) is 0 Å². The second-order valence-corrected chi connectivity index (χ2v) is 6.38. The highest BCUT2D eigenvalue weighted by Crippen LogP contribution is 2.16. The molecule has 3 rings (SSSR count). The fraction of sp³-hybridized carbons (Fsp3) is 0.227. The molecule has 0 radical (unpaired) electrons. The Morgan fingerprint density at radius 1 is 0.920 bits per heavy atom. The molecular formula is C22H25IN2. The second kappa shape index (κ2) is 8.48. The van der Waals surface area contributed by atoms with E-state index in [0.29, 0.717) is 0 Å². The van der Waals surface area contributed by atoms with E-state index in [1.807, 2.05) is 0 Å². The monoisotopic (exact) mass is 444 g/mol. The molecule has 3 heteroatoms. The molecule has 0 aliphatic heterocycles. The van der Waals surface area contributed by atoms with Gasteiger partial charge < -0.3 is 28.9 Å². The van der Waals surface area contributed by atoms with Crippen LogP contribution in [0, 0.1) is 6.92 Å². The van der Waals surface area contributed by atoms with E-state index >= 15 is 0 Å². The summed E-state index contributed by atoms with van der Waals surface area (Å²) in [5.74, 6) is 0. The Bertz CT molecular complexity index is 880. The molecule has 0 spiro atoms. The van der Waals surface area contributed by atoms with Crippen LogP contribution in [-0.2, 0) is 6.54 Å². The molecule has 1 heterocycles. The molecule has 3 aromatic rings. The summed E-state index contributed by atoms with van der Waals surface area (Å²) in [4.78, 5) is 2.11. The van der Waals surface area contributed by atoms with Crippen LogP contribution in [0.15, 0.2) is 54.6 Å². The van der Waals surface area contributed by atoms with E-state index in [0.717, 1.165) is 6.54 Å². The maximum absolute atomic E-state index is 2.36. The summed E-state index contributed by atoms with van der Waals surface area (Å²) in [5.41, 5.74) is 6.25. The maximum atomic E-state index is 2.36. The van der Waals surface area contributed by atoms with Gasteiger partial charge in [0.15, 0.2) is 0 Å². The lowest BCUT2D eigenvalue weighted by Gasteiger charge is -2.11. The minimum Gasteiger partial charge on any atom is -1.00 e.